The number of ketones is 1. The first-order chi connectivity index (χ1) is 13.2. The Hall–Kier alpha value is -1.63. The second kappa shape index (κ2) is 21.7. The van der Waals surface area contributed by atoms with Crippen LogP contribution in [-0.2, 0) is 42.9 Å². The van der Waals surface area contributed by atoms with E-state index >= 15 is 0 Å². The molecule has 28 heavy (non-hydrogen) atoms. The van der Waals surface area contributed by atoms with E-state index in [0.29, 0.717) is 11.4 Å². The fourth-order valence-corrected chi connectivity index (χ4v) is 1.68. The maximum Gasteiger partial charge on any atom is 0.216 e. The zero-order chi connectivity index (χ0) is 22.5. The number of carbonyl (C=O) groups is 1. The Kier molecular flexibility index (Phi) is 24.0. The lowest BCUT2D eigenvalue weighted by atomic mass is 10.4. The molecule has 0 spiro atoms. The predicted molar refractivity (Wildman–Crippen MR) is 104 cm³/mol. The van der Waals surface area contributed by atoms with Crippen LogP contribution in [0.3, 0.4) is 0 Å². The summed E-state index contributed by atoms with van der Waals surface area (Å²) in [7, 11) is 12.0. The largest absolute Gasteiger partial charge is 0.399 e. The smallest absolute Gasteiger partial charge is 0.216 e. The van der Waals surface area contributed by atoms with Crippen molar-refractivity contribution in [3.8, 4) is 0 Å². The van der Waals surface area contributed by atoms with Gasteiger partial charge in [-0.15, -0.1) is 0 Å². The molecular formula is C17H36N2O9. The van der Waals surface area contributed by atoms with Gasteiger partial charge in [-0.3, -0.25) is 4.79 Å². The average Bonchev–Trinajstić information content (AvgIpc) is 2.66. The third-order valence-corrected chi connectivity index (χ3v) is 2.77. The summed E-state index contributed by atoms with van der Waals surface area (Å²) in [4.78, 5) is 19.4. The van der Waals surface area contributed by atoms with Gasteiger partial charge in [0, 0.05) is 42.7 Å². The van der Waals surface area contributed by atoms with E-state index in [0.717, 1.165) is 0 Å². The molecule has 0 bridgehead atoms. The van der Waals surface area contributed by atoms with Crippen molar-refractivity contribution in [3.63, 3.8) is 0 Å². The molecule has 168 valence electrons. The van der Waals surface area contributed by atoms with Crippen LogP contribution < -0.4 is 0 Å². The van der Waals surface area contributed by atoms with Gasteiger partial charge in [-0.1, -0.05) is 10.3 Å². The van der Waals surface area contributed by atoms with Crippen molar-refractivity contribution in [2.45, 2.75) is 39.6 Å². The van der Waals surface area contributed by atoms with Crippen molar-refractivity contribution >= 4 is 17.2 Å². The highest BCUT2D eigenvalue weighted by atomic mass is 16.7. The lowest BCUT2D eigenvalue weighted by Gasteiger charge is -2.10. The van der Waals surface area contributed by atoms with Gasteiger partial charge in [0.2, 0.25) is 6.29 Å². The summed E-state index contributed by atoms with van der Waals surface area (Å²) in [6.45, 7) is 4.94. The molecule has 0 atom stereocenters. The molecule has 0 aromatic carbocycles. The van der Waals surface area contributed by atoms with Gasteiger partial charge < -0.3 is 38.1 Å². The van der Waals surface area contributed by atoms with Crippen molar-refractivity contribution in [2.75, 3.05) is 56.9 Å². The average molecular weight is 412 g/mol. The number of methoxy groups -OCH3 is 6. The first-order valence-electron chi connectivity index (χ1n) is 8.06. The van der Waals surface area contributed by atoms with Gasteiger partial charge in [-0.2, -0.15) is 0 Å². The highest BCUT2D eigenvalue weighted by molar-refractivity contribution is 5.85. The minimum Gasteiger partial charge on any atom is -0.399 e. The highest BCUT2D eigenvalue weighted by Crippen LogP contribution is 1.95. The van der Waals surface area contributed by atoms with E-state index in [1.807, 2.05) is 0 Å². The third kappa shape index (κ3) is 16.5. The predicted octanol–water partition coefficient (Wildman–Crippen LogP) is 1.45. The van der Waals surface area contributed by atoms with Crippen molar-refractivity contribution in [3.05, 3.63) is 0 Å². The zero-order valence-electron chi connectivity index (χ0n) is 18.8. The molecule has 0 aliphatic carbocycles. The van der Waals surface area contributed by atoms with Crippen LogP contribution in [0.2, 0.25) is 0 Å². The number of nitrogens with zero attached hydrogens (tertiary/aromatic N) is 2. The third-order valence-electron chi connectivity index (χ3n) is 2.77. The van der Waals surface area contributed by atoms with Crippen LogP contribution in [0.5, 0.6) is 0 Å². The first kappa shape index (κ1) is 31.1. The second-order valence-corrected chi connectivity index (χ2v) is 4.85. The molecule has 11 heteroatoms. The number of oxime groups is 2. The van der Waals surface area contributed by atoms with Crippen molar-refractivity contribution in [1.82, 2.24) is 0 Å². The number of Topliss-reactive ketones (excluding diaryl/α,β-unsaturated/α-hetero) is 1. The lowest BCUT2D eigenvalue weighted by molar-refractivity contribution is -0.154. The number of ether oxygens (including phenoxy) is 6. The maximum absolute atomic E-state index is 10.4. The summed E-state index contributed by atoms with van der Waals surface area (Å²) in [5.74, 6) is -0.116. The summed E-state index contributed by atoms with van der Waals surface area (Å²) < 4.78 is 28.7. The molecule has 0 N–H and O–H groups in total. The quantitative estimate of drug-likeness (QED) is 0.282. The second-order valence-electron chi connectivity index (χ2n) is 4.85. The maximum atomic E-state index is 10.4. The van der Waals surface area contributed by atoms with Crippen LogP contribution in [0.4, 0.5) is 0 Å². The number of hydrogen-bond donors (Lipinski definition) is 0. The molecule has 0 radical (unpaired) electrons. The van der Waals surface area contributed by atoms with Gasteiger partial charge in [0.15, 0.2) is 18.4 Å². The van der Waals surface area contributed by atoms with E-state index in [1.165, 1.54) is 35.4 Å². The molecule has 0 unspecified atom stereocenters. The molecule has 0 aliphatic heterocycles. The number of carbonyl (C=O) groups excluding carboxylic acids is 1. The van der Waals surface area contributed by atoms with Gasteiger partial charge in [-0.05, 0) is 20.8 Å². The molecule has 11 nitrogen and oxygen atoms in total. The normalized spacial score (nSPS) is 11.6. The van der Waals surface area contributed by atoms with E-state index in [4.69, 9.17) is 18.9 Å². The Bertz CT molecular complexity index is 391. The fraction of sp³-hybridized carbons (Fsp3) is 0.824. The van der Waals surface area contributed by atoms with Crippen molar-refractivity contribution < 1.29 is 42.9 Å². The summed E-state index contributed by atoms with van der Waals surface area (Å²) in [6.07, 6.45) is -1.49. The van der Waals surface area contributed by atoms with Crippen molar-refractivity contribution in [1.29, 1.82) is 0 Å². The SMILES string of the molecule is CO/N=C(/C)C(OC)OC.CO/N=C(\C)C(OC)OC.COC(OC)C(C)=O. The standard InChI is InChI=1S/2C6H13NO3.C5H10O3/c2*1-5(7-10-4)6(8-2)9-3;1-4(6)5(7-2)8-3/h2*6H,1-4H3;5H,1-3H3/b7-5+;7-5-;. The highest BCUT2D eigenvalue weighted by Gasteiger charge is 2.09. The zero-order valence-corrected chi connectivity index (χ0v) is 18.8. The van der Waals surface area contributed by atoms with E-state index < -0.39 is 18.9 Å². The molecule has 0 fully saturated rings. The van der Waals surface area contributed by atoms with E-state index in [1.54, 1.807) is 42.3 Å². The Morgan fingerprint density at radius 3 is 0.893 bits per heavy atom. The van der Waals surface area contributed by atoms with Crippen LogP contribution in [0, 0.1) is 0 Å². The Labute approximate surface area is 167 Å². The fourth-order valence-electron chi connectivity index (χ4n) is 1.68. The topological polar surface area (TPSA) is 116 Å². The summed E-state index contributed by atoms with van der Waals surface area (Å²) >= 11 is 0. The lowest BCUT2D eigenvalue weighted by Crippen LogP contribution is -2.22. The van der Waals surface area contributed by atoms with Gasteiger partial charge in [0.05, 0.1) is 0 Å². The number of rotatable bonds is 11. The monoisotopic (exact) mass is 412 g/mol. The van der Waals surface area contributed by atoms with Crippen LogP contribution in [0.25, 0.3) is 0 Å². The molecule has 0 rings (SSSR count). The Morgan fingerprint density at radius 2 is 0.786 bits per heavy atom. The van der Waals surface area contributed by atoms with E-state index in [2.05, 4.69) is 29.5 Å². The molecule has 0 amide bonds. The minimum absolute atomic E-state index is 0.116. The minimum atomic E-state index is -0.685. The van der Waals surface area contributed by atoms with E-state index in [-0.39, 0.29) is 5.78 Å². The Morgan fingerprint density at radius 1 is 0.536 bits per heavy atom. The van der Waals surface area contributed by atoms with Gasteiger partial charge in [0.25, 0.3) is 0 Å². The summed E-state index contributed by atoms with van der Waals surface area (Å²) in [5, 5.41) is 7.27. The van der Waals surface area contributed by atoms with Crippen molar-refractivity contribution in [2.24, 2.45) is 10.3 Å². The molecule has 0 aromatic rings. The summed E-state index contributed by atoms with van der Waals surface area (Å²) in [6, 6.07) is 0. The molecule has 0 heterocycles. The van der Waals surface area contributed by atoms with Crippen LogP contribution in [-0.4, -0.2) is 93.0 Å². The van der Waals surface area contributed by atoms with E-state index in [9.17, 15) is 4.79 Å². The first-order valence-corrected chi connectivity index (χ1v) is 8.06. The summed E-state index contributed by atoms with van der Waals surface area (Å²) in [5.41, 5.74) is 1.32. The van der Waals surface area contributed by atoms with Gasteiger partial charge in [-0.25, -0.2) is 0 Å². The molecular weight excluding hydrogens is 376 g/mol. The Balaban J connectivity index is -0.000000337. The van der Waals surface area contributed by atoms with Crippen LogP contribution >= 0.6 is 0 Å². The number of hydrogen-bond acceptors (Lipinski definition) is 11. The molecule has 0 aromatic heterocycles. The van der Waals surface area contributed by atoms with Gasteiger partial charge >= 0.3 is 0 Å². The molecule has 0 saturated carbocycles. The van der Waals surface area contributed by atoms with Crippen LogP contribution in [0.1, 0.15) is 20.8 Å². The van der Waals surface area contributed by atoms with Crippen LogP contribution in [0.15, 0.2) is 10.3 Å². The molecule has 0 aliphatic rings. The van der Waals surface area contributed by atoms with Gasteiger partial charge in [0.1, 0.15) is 25.6 Å². The molecule has 0 saturated heterocycles.